The second-order valence-electron chi connectivity index (χ2n) is 4.50. The SMILES string of the molecule is CCCNC(c1csc(C)c1)c1ncc(C)cn1. The van der Waals surface area contributed by atoms with Crippen LogP contribution in [0, 0.1) is 13.8 Å². The van der Waals surface area contributed by atoms with Crippen molar-refractivity contribution in [2.45, 2.75) is 33.2 Å². The van der Waals surface area contributed by atoms with Gasteiger partial charge < -0.3 is 5.32 Å². The Morgan fingerprint density at radius 3 is 2.56 bits per heavy atom. The molecule has 0 bridgehead atoms. The van der Waals surface area contributed by atoms with Crippen molar-refractivity contribution in [3.63, 3.8) is 0 Å². The molecule has 1 N–H and O–H groups in total. The Morgan fingerprint density at radius 1 is 1.28 bits per heavy atom. The molecule has 1 atom stereocenters. The number of hydrogen-bond donors (Lipinski definition) is 1. The molecule has 1 unspecified atom stereocenters. The van der Waals surface area contributed by atoms with Gasteiger partial charge >= 0.3 is 0 Å². The van der Waals surface area contributed by atoms with Gasteiger partial charge in [0.2, 0.25) is 0 Å². The lowest BCUT2D eigenvalue weighted by molar-refractivity contribution is 0.572. The second kappa shape index (κ2) is 6.07. The van der Waals surface area contributed by atoms with Crippen LogP contribution in [-0.2, 0) is 0 Å². The summed E-state index contributed by atoms with van der Waals surface area (Å²) < 4.78 is 0. The first-order chi connectivity index (χ1) is 8.70. The van der Waals surface area contributed by atoms with E-state index >= 15 is 0 Å². The normalized spacial score (nSPS) is 12.6. The summed E-state index contributed by atoms with van der Waals surface area (Å²) in [6, 6.07) is 2.32. The van der Waals surface area contributed by atoms with E-state index in [9.17, 15) is 0 Å². The fourth-order valence-corrected chi connectivity index (χ4v) is 2.54. The van der Waals surface area contributed by atoms with Gasteiger partial charge in [0.1, 0.15) is 5.82 Å². The Bertz CT molecular complexity index is 490. The summed E-state index contributed by atoms with van der Waals surface area (Å²) in [4.78, 5) is 10.2. The van der Waals surface area contributed by atoms with E-state index in [4.69, 9.17) is 0 Å². The van der Waals surface area contributed by atoms with Crippen molar-refractivity contribution in [3.05, 3.63) is 45.7 Å². The lowest BCUT2D eigenvalue weighted by Crippen LogP contribution is -2.24. The highest BCUT2D eigenvalue weighted by Gasteiger charge is 2.17. The van der Waals surface area contributed by atoms with Gasteiger partial charge in [-0.25, -0.2) is 9.97 Å². The zero-order chi connectivity index (χ0) is 13.0. The molecule has 0 aliphatic rings. The van der Waals surface area contributed by atoms with Gasteiger partial charge in [0.25, 0.3) is 0 Å². The summed E-state index contributed by atoms with van der Waals surface area (Å²) in [5, 5.41) is 5.70. The molecule has 0 aliphatic heterocycles. The van der Waals surface area contributed by atoms with Crippen LogP contribution >= 0.6 is 11.3 Å². The molecule has 0 saturated carbocycles. The zero-order valence-corrected chi connectivity index (χ0v) is 11.9. The van der Waals surface area contributed by atoms with Crippen LogP contribution in [0.4, 0.5) is 0 Å². The minimum absolute atomic E-state index is 0.107. The third kappa shape index (κ3) is 3.15. The van der Waals surface area contributed by atoms with Crippen LogP contribution in [0.25, 0.3) is 0 Å². The lowest BCUT2D eigenvalue weighted by atomic mass is 10.1. The van der Waals surface area contributed by atoms with Gasteiger partial charge in [0.15, 0.2) is 0 Å². The Morgan fingerprint density at radius 2 is 2.00 bits per heavy atom. The van der Waals surface area contributed by atoms with Crippen LogP contribution in [0.15, 0.2) is 23.8 Å². The molecular weight excluding hydrogens is 242 g/mol. The summed E-state index contributed by atoms with van der Waals surface area (Å²) >= 11 is 1.77. The molecule has 0 amide bonds. The molecule has 18 heavy (non-hydrogen) atoms. The molecule has 3 nitrogen and oxygen atoms in total. The average molecular weight is 261 g/mol. The van der Waals surface area contributed by atoms with Crippen molar-refractivity contribution in [2.75, 3.05) is 6.54 Å². The van der Waals surface area contributed by atoms with E-state index in [0.717, 1.165) is 24.4 Å². The largest absolute Gasteiger partial charge is 0.304 e. The standard InChI is InChI=1S/C14H19N3S/c1-4-5-15-13(12-6-11(3)18-9-12)14-16-7-10(2)8-17-14/h6-9,13,15H,4-5H2,1-3H3. The smallest absolute Gasteiger partial charge is 0.149 e. The van der Waals surface area contributed by atoms with E-state index in [0.29, 0.717) is 0 Å². The molecule has 2 heterocycles. The van der Waals surface area contributed by atoms with Crippen LogP contribution in [0.2, 0.25) is 0 Å². The van der Waals surface area contributed by atoms with Crippen molar-refractivity contribution >= 4 is 11.3 Å². The van der Waals surface area contributed by atoms with Crippen molar-refractivity contribution in [3.8, 4) is 0 Å². The predicted molar refractivity (Wildman–Crippen MR) is 76.0 cm³/mol. The molecule has 2 aromatic heterocycles. The second-order valence-corrected chi connectivity index (χ2v) is 5.61. The third-order valence-electron chi connectivity index (χ3n) is 2.74. The average Bonchev–Trinajstić information content (AvgIpc) is 2.78. The Kier molecular flexibility index (Phi) is 4.44. The van der Waals surface area contributed by atoms with E-state index in [-0.39, 0.29) is 6.04 Å². The number of aromatic nitrogens is 2. The Hall–Kier alpha value is -1.26. The van der Waals surface area contributed by atoms with E-state index < -0.39 is 0 Å². The monoisotopic (exact) mass is 261 g/mol. The maximum Gasteiger partial charge on any atom is 0.149 e. The van der Waals surface area contributed by atoms with E-state index in [1.165, 1.54) is 10.4 Å². The van der Waals surface area contributed by atoms with Gasteiger partial charge in [0, 0.05) is 17.3 Å². The molecule has 0 aromatic carbocycles. The Balaban J connectivity index is 2.27. The van der Waals surface area contributed by atoms with Crippen molar-refractivity contribution < 1.29 is 0 Å². The van der Waals surface area contributed by atoms with E-state index in [1.54, 1.807) is 11.3 Å². The molecule has 2 aromatic rings. The molecule has 4 heteroatoms. The number of thiophene rings is 1. The maximum absolute atomic E-state index is 4.45. The zero-order valence-electron chi connectivity index (χ0n) is 11.1. The highest BCUT2D eigenvalue weighted by molar-refractivity contribution is 7.10. The van der Waals surface area contributed by atoms with Crippen LogP contribution in [0.1, 0.15) is 41.2 Å². The molecular formula is C14H19N3S. The van der Waals surface area contributed by atoms with Gasteiger partial charge in [0.05, 0.1) is 6.04 Å². The highest BCUT2D eigenvalue weighted by Crippen LogP contribution is 2.24. The van der Waals surface area contributed by atoms with Crippen LogP contribution in [-0.4, -0.2) is 16.5 Å². The molecule has 0 saturated heterocycles. The predicted octanol–water partition coefficient (Wildman–Crippen LogP) is 3.24. The van der Waals surface area contributed by atoms with Crippen LogP contribution in [0.3, 0.4) is 0 Å². The maximum atomic E-state index is 4.45. The summed E-state index contributed by atoms with van der Waals surface area (Å²) in [6.07, 6.45) is 4.86. The van der Waals surface area contributed by atoms with Gasteiger partial charge in [-0.1, -0.05) is 6.92 Å². The number of nitrogens with zero attached hydrogens (tertiary/aromatic N) is 2. The molecule has 0 radical (unpaired) electrons. The summed E-state index contributed by atoms with van der Waals surface area (Å²) in [5.74, 6) is 0.854. The fraction of sp³-hybridized carbons (Fsp3) is 0.429. The first-order valence-corrected chi connectivity index (χ1v) is 7.15. The number of hydrogen-bond acceptors (Lipinski definition) is 4. The summed E-state index contributed by atoms with van der Waals surface area (Å²) in [6.45, 7) is 7.27. The molecule has 0 fully saturated rings. The van der Waals surface area contributed by atoms with Crippen LogP contribution < -0.4 is 5.32 Å². The molecule has 0 aliphatic carbocycles. The van der Waals surface area contributed by atoms with Crippen molar-refractivity contribution in [2.24, 2.45) is 0 Å². The first-order valence-electron chi connectivity index (χ1n) is 6.27. The Labute approximate surface area is 112 Å². The van der Waals surface area contributed by atoms with Crippen LogP contribution in [0.5, 0.6) is 0 Å². The third-order valence-corrected chi connectivity index (χ3v) is 3.62. The first kappa shape index (κ1) is 13.2. The topological polar surface area (TPSA) is 37.8 Å². The highest BCUT2D eigenvalue weighted by atomic mass is 32.1. The van der Waals surface area contributed by atoms with E-state index in [2.05, 4.69) is 40.6 Å². The minimum atomic E-state index is 0.107. The number of aryl methyl sites for hydroxylation is 2. The van der Waals surface area contributed by atoms with Gasteiger partial charge in [-0.2, -0.15) is 0 Å². The quantitative estimate of drug-likeness (QED) is 0.898. The molecule has 96 valence electrons. The van der Waals surface area contributed by atoms with Crippen molar-refractivity contribution in [1.29, 1.82) is 0 Å². The van der Waals surface area contributed by atoms with E-state index in [1.807, 2.05) is 19.3 Å². The van der Waals surface area contributed by atoms with Gasteiger partial charge in [-0.15, -0.1) is 11.3 Å². The molecule has 2 rings (SSSR count). The number of nitrogens with one attached hydrogen (secondary N) is 1. The lowest BCUT2D eigenvalue weighted by Gasteiger charge is -2.16. The minimum Gasteiger partial charge on any atom is -0.304 e. The number of rotatable bonds is 5. The summed E-state index contributed by atoms with van der Waals surface area (Å²) in [5.41, 5.74) is 2.35. The molecule has 0 spiro atoms. The van der Waals surface area contributed by atoms with Gasteiger partial charge in [-0.3, -0.25) is 0 Å². The fourth-order valence-electron chi connectivity index (χ4n) is 1.81. The van der Waals surface area contributed by atoms with Crippen molar-refractivity contribution in [1.82, 2.24) is 15.3 Å². The summed E-state index contributed by atoms with van der Waals surface area (Å²) in [7, 11) is 0. The van der Waals surface area contributed by atoms with Gasteiger partial charge in [-0.05, 0) is 49.4 Å².